The zero-order chi connectivity index (χ0) is 13.9. The lowest BCUT2D eigenvalue weighted by molar-refractivity contribution is 0.0438. The summed E-state index contributed by atoms with van der Waals surface area (Å²) in [5.41, 5.74) is 2.32. The molecule has 1 fully saturated rings. The molecule has 6 nitrogen and oxygen atoms in total. The van der Waals surface area contributed by atoms with Crippen molar-refractivity contribution in [2.75, 3.05) is 18.5 Å². The van der Waals surface area contributed by atoms with E-state index in [2.05, 4.69) is 10.4 Å². The number of pyridine rings is 1. The number of nitrogens with two attached hydrogens (primary N) is 1. The zero-order valence-electron chi connectivity index (χ0n) is 11.1. The molecule has 1 aromatic rings. The molecule has 1 saturated heterocycles. The van der Waals surface area contributed by atoms with Crippen LogP contribution in [0.3, 0.4) is 0 Å². The minimum absolute atomic E-state index is 0.0448. The highest BCUT2D eigenvalue weighted by Crippen LogP contribution is 2.22. The van der Waals surface area contributed by atoms with Gasteiger partial charge in [-0.2, -0.15) is 0 Å². The molecule has 2 rings (SSSR count). The molecular weight excluding hydrogens is 244 g/mol. The van der Waals surface area contributed by atoms with Gasteiger partial charge in [-0.05, 0) is 38.3 Å². The van der Waals surface area contributed by atoms with Crippen molar-refractivity contribution in [3.05, 3.63) is 23.9 Å². The molecule has 6 heteroatoms. The smallest absolute Gasteiger partial charge is 0.254 e. The molecule has 4 N–H and O–H groups in total. The SMILES string of the molecule is CC1(O)CCCN(C(=O)c2ccnc(NN)c2)CC1. The lowest BCUT2D eigenvalue weighted by atomic mass is 9.98. The average Bonchev–Trinajstić information content (AvgIpc) is 2.59. The Morgan fingerprint density at radius 3 is 3.05 bits per heavy atom. The molecule has 1 aliphatic heterocycles. The molecule has 19 heavy (non-hydrogen) atoms. The fraction of sp³-hybridized carbons (Fsp3) is 0.538. The van der Waals surface area contributed by atoms with Gasteiger partial charge in [-0.3, -0.25) is 4.79 Å². The molecule has 0 aromatic carbocycles. The fourth-order valence-electron chi connectivity index (χ4n) is 2.29. The number of hydrogen-bond donors (Lipinski definition) is 3. The number of rotatable bonds is 2. The van der Waals surface area contributed by atoms with Crippen molar-refractivity contribution in [3.8, 4) is 0 Å². The van der Waals surface area contributed by atoms with Crippen molar-refractivity contribution < 1.29 is 9.90 Å². The molecule has 0 aliphatic carbocycles. The minimum Gasteiger partial charge on any atom is -0.390 e. The van der Waals surface area contributed by atoms with Crippen LogP contribution in [0.15, 0.2) is 18.3 Å². The Kier molecular flexibility index (Phi) is 4.01. The number of carbonyl (C=O) groups excluding carboxylic acids is 1. The van der Waals surface area contributed by atoms with Crippen LogP contribution in [0.1, 0.15) is 36.5 Å². The van der Waals surface area contributed by atoms with E-state index in [4.69, 9.17) is 5.84 Å². The van der Waals surface area contributed by atoms with Crippen molar-refractivity contribution in [2.24, 2.45) is 5.84 Å². The van der Waals surface area contributed by atoms with Gasteiger partial charge in [0.1, 0.15) is 5.82 Å². The zero-order valence-corrected chi connectivity index (χ0v) is 11.1. The third-order valence-corrected chi connectivity index (χ3v) is 3.51. The van der Waals surface area contributed by atoms with Crippen molar-refractivity contribution in [3.63, 3.8) is 0 Å². The summed E-state index contributed by atoms with van der Waals surface area (Å²) < 4.78 is 0. The number of nitrogens with zero attached hydrogens (tertiary/aromatic N) is 2. The van der Waals surface area contributed by atoms with E-state index < -0.39 is 5.60 Å². The van der Waals surface area contributed by atoms with Gasteiger partial charge in [0.2, 0.25) is 0 Å². The summed E-state index contributed by atoms with van der Waals surface area (Å²) >= 11 is 0. The summed E-state index contributed by atoms with van der Waals surface area (Å²) in [7, 11) is 0. The quantitative estimate of drug-likeness (QED) is 0.541. The number of nitrogens with one attached hydrogen (secondary N) is 1. The third kappa shape index (κ3) is 3.42. The maximum absolute atomic E-state index is 12.4. The van der Waals surface area contributed by atoms with Gasteiger partial charge in [-0.15, -0.1) is 0 Å². The Morgan fingerprint density at radius 1 is 1.53 bits per heavy atom. The molecule has 2 heterocycles. The maximum Gasteiger partial charge on any atom is 0.254 e. The first-order valence-corrected chi connectivity index (χ1v) is 6.46. The predicted octanol–water partition coefficient (Wildman–Crippen LogP) is 0.744. The van der Waals surface area contributed by atoms with Crippen molar-refractivity contribution in [1.82, 2.24) is 9.88 Å². The molecule has 1 atom stereocenters. The molecule has 0 radical (unpaired) electrons. The summed E-state index contributed by atoms with van der Waals surface area (Å²) in [6, 6.07) is 3.30. The van der Waals surface area contributed by atoms with Crippen molar-refractivity contribution in [1.29, 1.82) is 0 Å². The standard InChI is InChI=1S/C13H20N4O2/c1-13(19)4-2-7-17(8-5-13)12(18)10-3-6-15-11(9-10)16-14/h3,6,9,19H,2,4-5,7-8,14H2,1H3,(H,15,16). The minimum atomic E-state index is -0.669. The van der Waals surface area contributed by atoms with Crippen LogP contribution in [-0.4, -0.2) is 39.6 Å². The molecular formula is C13H20N4O2. The number of nitrogen functional groups attached to an aromatic ring is 1. The highest BCUT2D eigenvalue weighted by atomic mass is 16.3. The van der Waals surface area contributed by atoms with Crippen LogP contribution in [0.5, 0.6) is 0 Å². The monoisotopic (exact) mass is 264 g/mol. The van der Waals surface area contributed by atoms with E-state index in [0.29, 0.717) is 30.9 Å². The Balaban J connectivity index is 2.10. The molecule has 104 valence electrons. The van der Waals surface area contributed by atoms with E-state index in [0.717, 1.165) is 12.8 Å². The predicted molar refractivity (Wildman–Crippen MR) is 72.4 cm³/mol. The van der Waals surface area contributed by atoms with Gasteiger partial charge in [-0.25, -0.2) is 10.8 Å². The van der Waals surface area contributed by atoms with Crippen molar-refractivity contribution in [2.45, 2.75) is 31.8 Å². The number of amides is 1. The van der Waals surface area contributed by atoms with Gasteiger partial charge in [0, 0.05) is 24.8 Å². The second-order valence-electron chi connectivity index (χ2n) is 5.22. The first kappa shape index (κ1) is 13.8. The second-order valence-corrected chi connectivity index (χ2v) is 5.22. The van der Waals surface area contributed by atoms with Crippen LogP contribution in [0, 0.1) is 0 Å². The van der Waals surface area contributed by atoms with Gasteiger partial charge < -0.3 is 15.4 Å². The number of hydrazine groups is 1. The number of aromatic nitrogens is 1. The van der Waals surface area contributed by atoms with Crippen LogP contribution in [0.2, 0.25) is 0 Å². The van der Waals surface area contributed by atoms with Crippen LogP contribution >= 0.6 is 0 Å². The summed E-state index contributed by atoms with van der Waals surface area (Å²) in [5.74, 6) is 5.71. The second kappa shape index (κ2) is 5.54. The van der Waals surface area contributed by atoms with Gasteiger partial charge in [0.25, 0.3) is 5.91 Å². The van der Waals surface area contributed by atoms with E-state index in [1.807, 2.05) is 6.92 Å². The van der Waals surface area contributed by atoms with E-state index in [-0.39, 0.29) is 5.91 Å². The fourth-order valence-corrected chi connectivity index (χ4v) is 2.29. The Hall–Kier alpha value is -1.66. The van der Waals surface area contributed by atoms with Crippen LogP contribution in [0.25, 0.3) is 0 Å². The number of carbonyl (C=O) groups is 1. The van der Waals surface area contributed by atoms with Crippen LogP contribution in [0.4, 0.5) is 5.82 Å². The summed E-state index contributed by atoms with van der Waals surface area (Å²) in [4.78, 5) is 18.1. The van der Waals surface area contributed by atoms with E-state index in [9.17, 15) is 9.90 Å². The van der Waals surface area contributed by atoms with Crippen molar-refractivity contribution >= 4 is 11.7 Å². The first-order valence-electron chi connectivity index (χ1n) is 6.46. The third-order valence-electron chi connectivity index (χ3n) is 3.51. The number of hydrogen-bond acceptors (Lipinski definition) is 5. The van der Waals surface area contributed by atoms with Gasteiger partial charge in [0.15, 0.2) is 0 Å². The molecule has 1 aliphatic rings. The molecule has 1 unspecified atom stereocenters. The molecule has 0 spiro atoms. The Labute approximate surface area is 112 Å². The van der Waals surface area contributed by atoms with E-state index in [1.54, 1.807) is 23.2 Å². The molecule has 0 saturated carbocycles. The number of likely N-dealkylation sites (tertiary alicyclic amines) is 1. The first-order chi connectivity index (χ1) is 9.02. The number of aliphatic hydroxyl groups is 1. The van der Waals surface area contributed by atoms with Crippen LogP contribution < -0.4 is 11.3 Å². The largest absolute Gasteiger partial charge is 0.390 e. The summed E-state index contributed by atoms with van der Waals surface area (Å²) in [6.07, 6.45) is 3.69. The summed E-state index contributed by atoms with van der Waals surface area (Å²) in [5, 5.41) is 10.0. The van der Waals surface area contributed by atoms with E-state index in [1.165, 1.54) is 0 Å². The van der Waals surface area contributed by atoms with Gasteiger partial charge in [0.05, 0.1) is 5.60 Å². The van der Waals surface area contributed by atoms with Gasteiger partial charge >= 0.3 is 0 Å². The molecule has 1 amide bonds. The van der Waals surface area contributed by atoms with Gasteiger partial charge in [-0.1, -0.05) is 0 Å². The highest BCUT2D eigenvalue weighted by molar-refractivity contribution is 5.94. The maximum atomic E-state index is 12.4. The Morgan fingerprint density at radius 2 is 2.32 bits per heavy atom. The molecule has 0 bridgehead atoms. The Bertz CT molecular complexity index is 462. The highest BCUT2D eigenvalue weighted by Gasteiger charge is 2.27. The lowest BCUT2D eigenvalue weighted by Crippen LogP contribution is -2.33. The number of anilines is 1. The lowest BCUT2D eigenvalue weighted by Gasteiger charge is -2.22. The van der Waals surface area contributed by atoms with E-state index >= 15 is 0 Å². The van der Waals surface area contributed by atoms with Crippen LogP contribution in [-0.2, 0) is 0 Å². The molecule has 1 aromatic heterocycles. The summed E-state index contributed by atoms with van der Waals surface area (Å²) in [6.45, 7) is 3.06. The average molecular weight is 264 g/mol. The normalized spacial score (nSPS) is 23.8. The topological polar surface area (TPSA) is 91.5 Å².